The van der Waals surface area contributed by atoms with Crippen LogP contribution in [0.25, 0.3) is 11.3 Å². The van der Waals surface area contributed by atoms with Crippen LogP contribution in [0.3, 0.4) is 0 Å². The summed E-state index contributed by atoms with van der Waals surface area (Å²) in [6.07, 6.45) is 5.11. The van der Waals surface area contributed by atoms with Crippen molar-refractivity contribution in [3.8, 4) is 0 Å². The van der Waals surface area contributed by atoms with Crippen LogP contribution in [0, 0.1) is 6.92 Å². The van der Waals surface area contributed by atoms with E-state index in [9.17, 15) is 9.90 Å². The van der Waals surface area contributed by atoms with Crippen molar-refractivity contribution in [2.75, 3.05) is 31.2 Å². The number of carbonyl (C=O) groups is 1. The number of aliphatic hydroxyl groups is 1. The highest BCUT2D eigenvalue weighted by Crippen LogP contribution is 2.32. The molecule has 0 spiro atoms. The minimum atomic E-state index is -0.307. The zero-order valence-corrected chi connectivity index (χ0v) is 24.2. The highest BCUT2D eigenvalue weighted by atomic mass is 16.5. The van der Waals surface area contributed by atoms with Gasteiger partial charge in [0.05, 0.1) is 49.8 Å². The van der Waals surface area contributed by atoms with Crippen LogP contribution in [0.5, 0.6) is 0 Å². The molecular formula is C30H41N7O4. The van der Waals surface area contributed by atoms with Gasteiger partial charge in [0.25, 0.3) is 0 Å². The Morgan fingerprint density at radius 2 is 2.02 bits per heavy atom. The molecule has 0 amide bonds. The minimum absolute atomic E-state index is 0.0976. The second kappa shape index (κ2) is 13.2. The monoisotopic (exact) mass is 563 g/mol. The first-order valence-corrected chi connectivity index (χ1v) is 13.9. The predicted octanol–water partition coefficient (Wildman–Crippen LogP) is 2.83. The van der Waals surface area contributed by atoms with Crippen LogP contribution in [0.4, 0.5) is 5.82 Å². The van der Waals surface area contributed by atoms with Crippen LogP contribution in [0.1, 0.15) is 54.8 Å². The number of nitrogens with zero attached hydrogens (tertiary/aromatic N) is 5. The van der Waals surface area contributed by atoms with Crippen LogP contribution in [-0.2, 0) is 33.8 Å². The normalized spacial score (nSPS) is 15.2. The number of esters is 1. The van der Waals surface area contributed by atoms with E-state index in [-0.39, 0.29) is 31.1 Å². The lowest BCUT2D eigenvalue weighted by Crippen LogP contribution is -2.45. The molecule has 1 aliphatic heterocycles. The van der Waals surface area contributed by atoms with Crippen molar-refractivity contribution in [1.29, 1.82) is 0 Å². The Labute approximate surface area is 241 Å². The molecule has 0 atom stereocenters. The number of aliphatic hydroxyl groups excluding tert-OH is 1. The summed E-state index contributed by atoms with van der Waals surface area (Å²) in [7, 11) is 0. The van der Waals surface area contributed by atoms with Gasteiger partial charge in [-0.25, -0.2) is 10.8 Å². The predicted molar refractivity (Wildman–Crippen MR) is 158 cm³/mol. The van der Waals surface area contributed by atoms with E-state index >= 15 is 0 Å². The number of benzene rings is 1. The standard InChI is InChI=1S/C30H41N7O4/c1-5-15-41-30(4)11-13-35(14-12-30)29-25(17-28(39)40-6-2)21(3)33-27-16-23(34-37(27)29)18-36(32)19-26(31)24-10-8-7-9-22(24)20-38/h5,7-10,16,19,38H,1,6,11-15,17-18,20,31-32H2,2-4H3/b26-19-. The fraction of sp³-hybridized carbons (Fsp3) is 0.433. The third-order valence-corrected chi connectivity index (χ3v) is 7.38. The van der Waals surface area contributed by atoms with E-state index in [1.807, 2.05) is 37.3 Å². The van der Waals surface area contributed by atoms with E-state index in [2.05, 4.69) is 18.4 Å². The molecule has 1 fully saturated rings. The molecule has 41 heavy (non-hydrogen) atoms. The Morgan fingerprint density at radius 3 is 2.71 bits per heavy atom. The highest BCUT2D eigenvalue weighted by molar-refractivity contribution is 5.76. The number of nitrogens with two attached hydrogens (primary N) is 2. The first-order chi connectivity index (χ1) is 19.7. The number of piperidine rings is 1. The van der Waals surface area contributed by atoms with E-state index < -0.39 is 0 Å². The second-order valence-electron chi connectivity index (χ2n) is 10.5. The third-order valence-electron chi connectivity index (χ3n) is 7.38. The Bertz CT molecular complexity index is 1410. The maximum absolute atomic E-state index is 12.6. The molecule has 0 saturated carbocycles. The molecule has 3 aromatic rings. The molecule has 1 saturated heterocycles. The number of hydrazine groups is 1. The lowest BCUT2D eigenvalue weighted by molar-refractivity contribution is -0.142. The van der Waals surface area contributed by atoms with Crippen LogP contribution >= 0.6 is 0 Å². The van der Waals surface area contributed by atoms with E-state index in [4.69, 9.17) is 31.1 Å². The summed E-state index contributed by atoms with van der Waals surface area (Å²) in [5, 5.41) is 16.0. The van der Waals surface area contributed by atoms with Gasteiger partial charge in [-0.05, 0) is 39.2 Å². The van der Waals surface area contributed by atoms with Gasteiger partial charge in [0.1, 0.15) is 5.82 Å². The smallest absolute Gasteiger partial charge is 0.310 e. The lowest BCUT2D eigenvalue weighted by atomic mass is 9.93. The van der Waals surface area contributed by atoms with Crippen LogP contribution in [0.15, 0.2) is 49.2 Å². The molecule has 2 aromatic heterocycles. The first-order valence-electron chi connectivity index (χ1n) is 13.9. The Morgan fingerprint density at radius 1 is 1.29 bits per heavy atom. The number of anilines is 1. The number of carbonyl (C=O) groups excluding carboxylic acids is 1. The second-order valence-corrected chi connectivity index (χ2v) is 10.5. The molecular weight excluding hydrogens is 522 g/mol. The molecule has 0 unspecified atom stereocenters. The van der Waals surface area contributed by atoms with Crippen LogP contribution in [0.2, 0.25) is 0 Å². The number of fused-ring (bicyclic) bond motifs is 1. The Kier molecular flexibility index (Phi) is 9.64. The molecule has 5 N–H and O–H groups in total. The number of hydrogen-bond donors (Lipinski definition) is 3. The van der Waals surface area contributed by atoms with Crippen molar-refractivity contribution in [2.45, 2.75) is 58.8 Å². The van der Waals surface area contributed by atoms with Crippen molar-refractivity contribution < 1.29 is 19.4 Å². The number of hydrogen-bond acceptors (Lipinski definition) is 10. The number of aromatic nitrogens is 3. The molecule has 220 valence electrons. The lowest BCUT2D eigenvalue weighted by Gasteiger charge is -2.40. The molecule has 4 rings (SSSR count). The molecule has 0 aliphatic carbocycles. The maximum Gasteiger partial charge on any atom is 0.310 e. The van der Waals surface area contributed by atoms with Crippen molar-refractivity contribution in [1.82, 2.24) is 19.6 Å². The molecule has 0 bridgehead atoms. The summed E-state index contributed by atoms with van der Waals surface area (Å²) in [6.45, 7) is 12.0. The van der Waals surface area contributed by atoms with Crippen molar-refractivity contribution in [2.24, 2.45) is 11.6 Å². The molecule has 3 heterocycles. The van der Waals surface area contributed by atoms with Gasteiger partial charge in [-0.2, -0.15) is 9.61 Å². The zero-order chi connectivity index (χ0) is 29.6. The van der Waals surface area contributed by atoms with Crippen molar-refractivity contribution in [3.05, 3.63) is 77.3 Å². The topological polar surface area (TPSA) is 144 Å². The fourth-order valence-electron chi connectivity index (χ4n) is 5.17. The van der Waals surface area contributed by atoms with E-state index in [0.29, 0.717) is 35.8 Å². The summed E-state index contributed by atoms with van der Waals surface area (Å²) in [4.78, 5) is 19.6. The van der Waals surface area contributed by atoms with Gasteiger partial charge < -0.3 is 30.2 Å². The van der Waals surface area contributed by atoms with Gasteiger partial charge >= 0.3 is 5.97 Å². The quantitative estimate of drug-likeness (QED) is 0.130. The van der Waals surface area contributed by atoms with E-state index in [0.717, 1.165) is 48.6 Å². The molecule has 11 heteroatoms. The van der Waals surface area contributed by atoms with Gasteiger partial charge in [-0.3, -0.25) is 4.79 Å². The van der Waals surface area contributed by atoms with Gasteiger partial charge in [0.2, 0.25) is 0 Å². The summed E-state index contributed by atoms with van der Waals surface area (Å²) in [5.41, 5.74) is 10.8. The Balaban J connectivity index is 1.66. The SMILES string of the molecule is C=CCOC1(C)CCN(c2c(CC(=O)OCC)c(C)nc3cc(CN(N)/C=C(\N)c4ccccc4CO)nn23)CC1. The summed E-state index contributed by atoms with van der Waals surface area (Å²) in [6, 6.07) is 9.25. The first kappa shape index (κ1) is 30.0. The van der Waals surface area contributed by atoms with Crippen molar-refractivity contribution in [3.63, 3.8) is 0 Å². The zero-order valence-electron chi connectivity index (χ0n) is 24.2. The van der Waals surface area contributed by atoms with E-state index in [1.54, 1.807) is 23.7 Å². The average Bonchev–Trinajstić information content (AvgIpc) is 3.34. The highest BCUT2D eigenvalue weighted by Gasteiger charge is 2.33. The average molecular weight is 564 g/mol. The minimum Gasteiger partial charge on any atom is -0.466 e. The van der Waals surface area contributed by atoms with Gasteiger partial charge in [-0.15, -0.1) is 6.58 Å². The van der Waals surface area contributed by atoms with Crippen LogP contribution < -0.4 is 16.5 Å². The largest absolute Gasteiger partial charge is 0.466 e. The number of aryl methyl sites for hydroxylation is 1. The van der Waals surface area contributed by atoms with Crippen LogP contribution in [-0.4, -0.2) is 62.6 Å². The van der Waals surface area contributed by atoms with E-state index in [1.165, 1.54) is 5.01 Å². The summed E-state index contributed by atoms with van der Waals surface area (Å²) < 4.78 is 13.1. The number of rotatable bonds is 12. The summed E-state index contributed by atoms with van der Waals surface area (Å²) in [5.74, 6) is 6.84. The van der Waals surface area contributed by atoms with Gasteiger partial charge in [0.15, 0.2) is 5.65 Å². The van der Waals surface area contributed by atoms with Gasteiger partial charge in [-0.1, -0.05) is 30.3 Å². The van der Waals surface area contributed by atoms with Crippen molar-refractivity contribution >= 4 is 23.1 Å². The maximum atomic E-state index is 12.6. The molecule has 1 aromatic carbocycles. The van der Waals surface area contributed by atoms with Gasteiger partial charge in [0, 0.05) is 42.2 Å². The number of ether oxygens (including phenoxy) is 2. The molecule has 0 radical (unpaired) electrons. The fourth-order valence-corrected chi connectivity index (χ4v) is 5.17. The Hall–Kier alpha value is -3.93. The molecule has 1 aliphatic rings. The summed E-state index contributed by atoms with van der Waals surface area (Å²) >= 11 is 0. The third kappa shape index (κ3) is 7.05. The molecule has 11 nitrogen and oxygen atoms in total.